The number of nitrogens with zero attached hydrogens (tertiary/aromatic N) is 1. The molecule has 1 aromatic heterocycles. The average Bonchev–Trinajstić information content (AvgIpc) is 2.85. The first-order valence-electron chi connectivity index (χ1n) is 5.04. The van der Waals surface area contributed by atoms with Crippen LogP contribution in [0.2, 0.25) is 0 Å². The minimum Gasteiger partial charge on any atom is -0.278 e. The topological polar surface area (TPSA) is 74.8 Å². The number of aromatic nitrogens is 2. The van der Waals surface area contributed by atoms with Crippen LogP contribution in [0.4, 0.5) is 14.5 Å². The smallest absolute Gasteiger partial charge is 0.278 e. The summed E-state index contributed by atoms with van der Waals surface area (Å²) in [5.74, 6) is -2.51. The van der Waals surface area contributed by atoms with Gasteiger partial charge in [0.15, 0.2) is 5.03 Å². The van der Waals surface area contributed by atoms with E-state index in [4.69, 9.17) is 0 Å². The molecule has 0 unspecified atom stereocenters. The number of hydrogen-bond donors (Lipinski definition) is 2. The highest BCUT2D eigenvalue weighted by Gasteiger charge is 2.15. The van der Waals surface area contributed by atoms with Crippen LogP contribution in [0, 0.1) is 0 Å². The number of aromatic amines is 1. The van der Waals surface area contributed by atoms with Crippen LogP contribution < -0.4 is 4.72 Å². The summed E-state index contributed by atoms with van der Waals surface area (Å²) in [6.07, 6.45) is 1.32. The molecular formula is C10H9F2N3O2S2. The highest BCUT2D eigenvalue weighted by atomic mass is 32.2. The van der Waals surface area contributed by atoms with Gasteiger partial charge < -0.3 is 0 Å². The summed E-state index contributed by atoms with van der Waals surface area (Å²) in [6, 6.07) is 6.98. The highest BCUT2D eigenvalue weighted by Crippen LogP contribution is 2.26. The van der Waals surface area contributed by atoms with Gasteiger partial charge >= 0.3 is 0 Å². The van der Waals surface area contributed by atoms with E-state index in [1.807, 2.05) is 0 Å². The fourth-order valence-corrected chi connectivity index (χ4v) is 2.78. The predicted molar refractivity (Wildman–Crippen MR) is 67.7 cm³/mol. The molecular weight excluding hydrogens is 296 g/mol. The van der Waals surface area contributed by atoms with E-state index in [-0.39, 0.29) is 10.7 Å². The van der Waals surface area contributed by atoms with Crippen LogP contribution in [0.15, 0.2) is 46.5 Å². The van der Waals surface area contributed by atoms with Crippen molar-refractivity contribution in [2.24, 2.45) is 0 Å². The lowest BCUT2D eigenvalue weighted by atomic mass is 10.3. The van der Waals surface area contributed by atoms with Crippen molar-refractivity contribution in [3.63, 3.8) is 0 Å². The predicted octanol–water partition coefficient (Wildman–Crippen LogP) is 2.53. The zero-order chi connectivity index (χ0) is 13.9. The van der Waals surface area contributed by atoms with Crippen LogP contribution >= 0.6 is 11.8 Å². The molecule has 0 saturated heterocycles. The summed E-state index contributed by atoms with van der Waals surface area (Å²) in [4.78, 5) is 0.361. The van der Waals surface area contributed by atoms with Crippen molar-refractivity contribution >= 4 is 27.5 Å². The maximum Gasteiger partial charge on any atom is 0.288 e. The Balaban J connectivity index is 2.12. The van der Waals surface area contributed by atoms with Gasteiger partial charge in [0.25, 0.3) is 15.8 Å². The summed E-state index contributed by atoms with van der Waals surface area (Å²) in [5, 5.41) is 5.81. The number of alkyl halides is 2. The van der Waals surface area contributed by atoms with Gasteiger partial charge in [0.1, 0.15) is 0 Å². The van der Waals surface area contributed by atoms with Crippen molar-refractivity contribution in [3.05, 3.63) is 36.5 Å². The second kappa shape index (κ2) is 5.57. The van der Waals surface area contributed by atoms with Crippen molar-refractivity contribution in [2.45, 2.75) is 15.7 Å². The van der Waals surface area contributed by atoms with Gasteiger partial charge in [-0.25, -0.2) is 0 Å². The van der Waals surface area contributed by atoms with E-state index < -0.39 is 15.8 Å². The minimum absolute atomic E-state index is 0.0708. The number of hydrogen-bond acceptors (Lipinski definition) is 4. The van der Waals surface area contributed by atoms with Crippen molar-refractivity contribution in [2.75, 3.05) is 4.72 Å². The molecule has 2 aromatic rings. The monoisotopic (exact) mass is 305 g/mol. The van der Waals surface area contributed by atoms with E-state index in [0.717, 1.165) is 0 Å². The Kier molecular flexibility index (Phi) is 4.05. The summed E-state index contributed by atoms with van der Waals surface area (Å²) in [7, 11) is -3.73. The molecule has 1 aromatic carbocycles. The molecule has 0 aliphatic rings. The quantitative estimate of drug-likeness (QED) is 0.832. The molecule has 1 heterocycles. The zero-order valence-corrected chi connectivity index (χ0v) is 11.0. The molecule has 0 spiro atoms. The van der Waals surface area contributed by atoms with E-state index >= 15 is 0 Å². The van der Waals surface area contributed by atoms with E-state index in [0.29, 0.717) is 16.7 Å². The Hall–Kier alpha value is -1.61. The van der Waals surface area contributed by atoms with Gasteiger partial charge in [0.05, 0.1) is 6.20 Å². The summed E-state index contributed by atoms with van der Waals surface area (Å²) in [5.41, 5.74) is 0.285. The van der Waals surface area contributed by atoms with Gasteiger partial charge in [-0.15, -0.1) is 0 Å². The Morgan fingerprint density at radius 3 is 2.42 bits per heavy atom. The van der Waals surface area contributed by atoms with Gasteiger partial charge in [-0.05, 0) is 30.3 Å². The van der Waals surface area contributed by atoms with Gasteiger partial charge in [0, 0.05) is 10.6 Å². The van der Waals surface area contributed by atoms with Gasteiger partial charge in [-0.1, -0.05) is 11.8 Å². The maximum absolute atomic E-state index is 12.1. The first kappa shape index (κ1) is 13.8. The standard InChI is InChI=1S/C10H9F2N3O2S2/c11-10(12)18-8-3-1-7(2-4-8)15-19(16,17)9-5-6-13-14-9/h1-6,10,15H,(H,13,14). The van der Waals surface area contributed by atoms with Crippen molar-refractivity contribution < 1.29 is 17.2 Å². The number of benzene rings is 1. The number of H-pyrrole nitrogens is 1. The van der Waals surface area contributed by atoms with Crippen molar-refractivity contribution in [3.8, 4) is 0 Å². The lowest BCUT2D eigenvalue weighted by molar-refractivity contribution is 0.252. The molecule has 0 aliphatic carbocycles. The van der Waals surface area contributed by atoms with Crippen LogP contribution in [0.25, 0.3) is 0 Å². The molecule has 19 heavy (non-hydrogen) atoms. The lowest BCUT2D eigenvalue weighted by Crippen LogP contribution is -2.13. The van der Waals surface area contributed by atoms with Crippen LogP contribution in [-0.2, 0) is 10.0 Å². The Morgan fingerprint density at radius 1 is 1.21 bits per heavy atom. The summed E-state index contributed by atoms with van der Waals surface area (Å²) < 4.78 is 50.2. The molecule has 0 atom stereocenters. The first-order valence-corrected chi connectivity index (χ1v) is 7.41. The molecule has 2 N–H and O–H groups in total. The third-order valence-electron chi connectivity index (χ3n) is 2.10. The number of thioether (sulfide) groups is 1. The van der Waals surface area contributed by atoms with Crippen LogP contribution in [0.3, 0.4) is 0 Å². The maximum atomic E-state index is 12.1. The average molecular weight is 305 g/mol. The summed E-state index contributed by atoms with van der Waals surface area (Å²) in [6.45, 7) is 0. The van der Waals surface area contributed by atoms with E-state index in [1.165, 1.54) is 36.5 Å². The number of sulfonamides is 1. The fraction of sp³-hybridized carbons (Fsp3) is 0.100. The second-order valence-corrected chi connectivity index (χ2v) is 6.14. The number of rotatable bonds is 5. The fourth-order valence-electron chi connectivity index (χ4n) is 1.31. The molecule has 9 heteroatoms. The number of halogens is 2. The minimum atomic E-state index is -3.73. The molecule has 0 bridgehead atoms. The third kappa shape index (κ3) is 3.67. The normalized spacial score (nSPS) is 11.7. The van der Waals surface area contributed by atoms with E-state index in [1.54, 1.807) is 0 Å². The Bertz CT molecular complexity index is 627. The first-order chi connectivity index (χ1) is 8.97. The van der Waals surface area contributed by atoms with Gasteiger partial charge in [-0.2, -0.15) is 22.3 Å². The van der Waals surface area contributed by atoms with E-state index in [9.17, 15) is 17.2 Å². The molecule has 2 rings (SSSR count). The zero-order valence-electron chi connectivity index (χ0n) is 9.38. The third-order valence-corrected chi connectivity index (χ3v) is 4.13. The molecule has 0 radical (unpaired) electrons. The van der Waals surface area contributed by atoms with Crippen LogP contribution in [0.1, 0.15) is 0 Å². The molecule has 0 fully saturated rings. The van der Waals surface area contributed by atoms with Crippen LogP contribution in [-0.4, -0.2) is 24.4 Å². The van der Waals surface area contributed by atoms with Crippen LogP contribution in [0.5, 0.6) is 0 Å². The van der Waals surface area contributed by atoms with E-state index in [2.05, 4.69) is 14.9 Å². The largest absolute Gasteiger partial charge is 0.288 e. The van der Waals surface area contributed by atoms with Crippen molar-refractivity contribution in [1.82, 2.24) is 10.2 Å². The molecule has 0 aliphatic heterocycles. The Labute approximate surface area is 112 Å². The lowest BCUT2D eigenvalue weighted by Gasteiger charge is -2.07. The second-order valence-electron chi connectivity index (χ2n) is 3.43. The summed E-state index contributed by atoms with van der Waals surface area (Å²) >= 11 is 0.396. The SMILES string of the molecule is O=S(=O)(Nc1ccc(SC(F)F)cc1)c1ccn[nH]1. The molecule has 0 amide bonds. The molecule has 0 saturated carbocycles. The van der Waals surface area contributed by atoms with Crippen molar-refractivity contribution in [1.29, 1.82) is 0 Å². The van der Waals surface area contributed by atoms with Gasteiger partial charge in [-0.3, -0.25) is 9.82 Å². The highest BCUT2D eigenvalue weighted by molar-refractivity contribution is 7.99. The number of anilines is 1. The Morgan fingerprint density at radius 2 is 1.89 bits per heavy atom. The number of nitrogens with one attached hydrogen (secondary N) is 2. The molecule has 102 valence electrons. The van der Waals surface area contributed by atoms with Gasteiger partial charge in [0.2, 0.25) is 0 Å². The molecule has 5 nitrogen and oxygen atoms in total.